The van der Waals surface area contributed by atoms with E-state index in [1.54, 1.807) is 23.5 Å². The van der Waals surface area contributed by atoms with Crippen LogP contribution in [0.15, 0.2) is 224 Å². The van der Waals surface area contributed by atoms with Gasteiger partial charge in [-0.05, 0) is 73.8 Å². The molecule has 9 aromatic carbocycles. The largest absolute Gasteiger partial charge is 0.208 e. The summed E-state index contributed by atoms with van der Waals surface area (Å²) in [6, 6.07) is 47.4. The van der Waals surface area contributed by atoms with Crippen LogP contribution in [0.3, 0.4) is 0 Å². The predicted molar refractivity (Wildman–Crippen MR) is 257 cm³/mol. The number of hydrogen-bond donors (Lipinski definition) is 0. The van der Waals surface area contributed by atoms with Crippen molar-refractivity contribution in [2.75, 3.05) is 0 Å². The topological polar surface area (TPSA) is 38.7 Å². The summed E-state index contributed by atoms with van der Waals surface area (Å²) in [4.78, 5) is 15.5. The maximum Gasteiger partial charge on any atom is 0.165 e. The molecule has 2 aromatic heterocycles. The Kier molecular flexibility index (Phi) is 6.45. The molecule has 0 unspecified atom stereocenters. The molecule has 4 heteroatoms. The van der Waals surface area contributed by atoms with E-state index in [1.807, 2.05) is 115 Å². The molecular weight excluding hydrogens is 771 g/mol. The molecule has 2 heterocycles. The summed E-state index contributed by atoms with van der Waals surface area (Å²) < 4.78 is 92.1. The Morgan fingerprint density at radius 3 is 1.68 bits per heavy atom. The Balaban J connectivity index is 1.06. The van der Waals surface area contributed by atoms with Crippen molar-refractivity contribution in [2.24, 2.45) is 0 Å². The third-order valence-electron chi connectivity index (χ3n) is 11.8. The highest BCUT2D eigenvalue weighted by Gasteiger charge is 2.46. The van der Waals surface area contributed by atoms with Gasteiger partial charge < -0.3 is 0 Å². The molecule has 1 aliphatic rings. The lowest BCUT2D eigenvalue weighted by molar-refractivity contribution is 0.769. The maximum absolute atomic E-state index is 9.39. The van der Waals surface area contributed by atoms with Crippen molar-refractivity contribution >= 4 is 31.5 Å². The quantitative estimate of drug-likeness (QED) is 0.161. The summed E-state index contributed by atoms with van der Waals surface area (Å²) in [7, 11) is 0. The van der Waals surface area contributed by atoms with E-state index in [9.17, 15) is 5.48 Å². The smallest absolute Gasteiger partial charge is 0.165 e. The fraction of sp³-hybridized carbons (Fsp3) is 0.0172. The number of fused-ring (bicyclic) bond motifs is 6. The number of thiophene rings is 1. The summed E-state index contributed by atoms with van der Waals surface area (Å²) in [6.45, 7) is 0. The van der Waals surface area contributed by atoms with Gasteiger partial charge in [-0.25, -0.2) is 15.0 Å². The van der Waals surface area contributed by atoms with E-state index < -0.39 is 65.8 Å². The van der Waals surface area contributed by atoms with Crippen molar-refractivity contribution in [2.45, 2.75) is 5.41 Å². The van der Waals surface area contributed by atoms with Gasteiger partial charge in [-0.3, -0.25) is 0 Å². The van der Waals surface area contributed by atoms with Crippen molar-refractivity contribution in [1.29, 1.82) is 0 Å². The third kappa shape index (κ3) is 5.76. The van der Waals surface area contributed by atoms with E-state index >= 15 is 0 Å². The zero-order valence-corrected chi connectivity index (χ0v) is 33.7. The molecule has 0 spiro atoms. The average Bonchev–Trinajstić information content (AvgIpc) is 3.95. The van der Waals surface area contributed by atoms with Crippen molar-refractivity contribution in [3.8, 4) is 67.5 Å². The first-order chi connectivity index (χ1) is 34.9. The monoisotopic (exact) mass is 817 g/mol. The maximum atomic E-state index is 9.39. The van der Waals surface area contributed by atoms with Crippen molar-refractivity contribution in [1.82, 2.24) is 15.0 Å². The summed E-state index contributed by atoms with van der Waals surface area (Å²) in [5, 5.41) is 2.28. The second-order valence-corrected chi connectivity index (χ2v) is 16.2. The molecule has 0 N–H and O–H groups in total. The zero-order chi connectivity index (χ0) is 49.7. The highest BCUT2D eigenvalue weighted by molar-refractivity contribution is 7.26. The summed E-state index contributed by atoms with van der Waals surface area (Å²) >= 11 is 1.70. The van der Waals surface area contributed by atoms with E-state index in [0.29, 0.717) is 50.9 Å². The van der Waals surface area contributed by atoms with Gasteiger partial charge in [-0.2, -0.15) is 0 Å². The number of aromatic nitrogens is 3. The van der Waals surface area contributed by atoms with Crippen molar-refractivity contribution in [3.05, 3.63) is 246 Å². The third-order valence-corrected chi connectivity index (χ3v) is 13.0. The van der Waals surface area contributed by atoms with Crippen LogP contribution in [0.2, 0.25) is 0 Å². The molecule has 62 heavy (non-hydrogen) atoms. The Morgan fingerprint density at radius 2 is 0.919 bits per heavy atom. The Hall–Kier alpha value is -7.79. The van der Waals surface area contributed by atoms with Gasteiger partial charge in [0.1, 0.15) is 0 Å². The molecule has 1 aliphatic carbocycles. The summed E-state index contributed by atoms with van der Waals surface area (Å²) in [6.07, 6.45) is 0. The molecule has 0 atom stereocenters. The molecule has 3 nitrogen and oxygen atoms in total. The second-order valence-electron chi connectivity index (χ2n) is 15.1. The minimum atomic E-state index is -1.95. The SMILES string of the molecule is [2H]c1c([2H])c([2H])c(C2(c3c([2H])c([2H])c([2H])c([2H])c3[2H])c3ccccc3-c3ccc(-c4ccc(-c5nc(-c6ccccc6-c6ccccc6)nc(-c6cccc7c6sc6ccccc67)n5)cc4)cc32)c([2H])c1[2H]. The molecule has 0 aliphatic heterocycles. The van der Waals surface area contributed by atoms with Crippen molar-refractivity contribution < 1.29 is 13.7 Å². The first kappa shape index (κ1) is 27.1. The van der Waals surface area contributed by atoms with Gasteiger partial charge in [-0.15, -0.1) is 11.3 Å². The lowest BCUT2D eigenvalue weighted by Crippen LogP contribution is -2.28. The van der Waals surface area contributed by atoms with Crippen LogP contribution in [0.4, 0.5) is 0 Å². The van der Waals surface area contributed by atoms with Gasteiger partial charge in [0.15, 0.2) is 17.5 Å². The van der Waals surface area contributed by atoms with Gasteiger partial charge in [-0.1, -0.05) is 206 Å². The van der Waals surface area contributed by atoms with E-state index in [0.717, 1.165) is 48.0 Å². The molecule has 0 amide bonds. The summed E-state index contributed by atoms with van der Waals surface area (Å²) in [5.74, 6) is 1.48. The Bertz CT molecular complexity index is 3940. The molecule has 12 rings (SSSR count). The number of hydrogen-bond acceptors (Lipinski definition) is 4. The van der Waals surface area contributed by atoms with Crippen LogP contribution in [-0.2, 0) is 5.41 Å². The fourth-order valence-electron chi connectivity index (χ4n) is 9.03. The predicted octanol–water partition coefficient (Wildman–Crippen LogP) is 14.9. The van der Waals surface area contributed by atoms with Gasteiger partial charge in [0.05, 0.1) is 19.1 Å². The molecule has 0 saturated carbocycles. The molecule has 290 valence electrons. The van der Waals surface area contributed by atoms with Crippen LogP contribution < -0.4 is 0 Å². The minimum Gasteiger partial charge on any atom is -0.208 e. The lowest BCUT2D eigenvalue weighted by Gasteiger charge is -2.34. The van der Waals surface area contributed by atoms with Gasteiger partial charge in [0, 0.05) is 36.9 Å². The number of nitrogens with zero attached hydrogens (tertiary/aromatic N) is 3. The molecule has 0 radical (unpaired) electrons. The average molecular weight is 818 g/mol. The molecule has 0 bridgehead atoms. The Morgan fingerprint density at radius 1 is 0.371 bits per heavy atom. The first-order valence-corrected chi connectivity index (χ1v) is 21.0. The normalized spacial score (nSPS) is 14.9. The van der Waals surface area contributed by atoms with E-state index in [2.05, 4.69) is 36.4 Å². The van der Waals surface area contributed by atoms with Crippen LogP contribution in [0.1, 0.15) is 36.0 Å². The Labute approximate surface area is 378 Å². The van der Waals surface area contributed by atoms with Crippen LogP contribution >= 0.6 is 11.3 Å². The fourth-order valence-corrected chi connectivity index (χ4v) is 10.2. The molecule has 11 aromatic rings. The second kappa shape index (κ2) is 14.7. The van der Waals surface area contributed by atoms with E-state index in [4.69, 9.17) is 23.2 Å². The zero-order valence-electron chi connectivity index (χ0n) is 42.8. The van der Waals surface area contributed by atoms with Gasteiger partial charge in [0.2, 0.25) is 0 Å². The molecule has 0 fully saturated rings. The van der Waals surface area contributed by atoms with Crippen LogP contribution in [0.25, 0.3) is 87.7 Å². The van der Waals surface area contributed by atoms with E-state index in [-0.39, 0.29) is 11.1 Å². The highest BCUT2D eigenvalue weighted by Crippen LogP contribution is 2.56. The minimum absolute atomic E-state index is 0.215. The van der Waals surface area contributed by atoms with Crippen LogP contribution in [-0.4, -0.2) is 15.0 Å². The molecular formula is C58H37N3S. The van der Waals surface area contributed by atoms with E-state index in [1.165, 1.54) is 0 Å². The standard InChI is InChI=1S/C58H37N3S/c1-4-17-39(18-5-1)44-23-10-11-26-49(44)56-59-55(60-57(61-56)50-28-16-27-48-47-25-13-15-30-53(47)62-54(48)50)40-33-31-38(32-34-40)41-35-36-46-45-24-12-14-29-51(45)58(52(46)37-41,42-19-6-2-7-20-42)43-21-8-3-9-22-43/h1-37H/i2D,3D,6D,7D,8D,9D,19D,20D,21D,22D. The highest BCUT2D eigenvalue weighted by atomic mass is 32.1. The molecule has 0 saturated heterocycles. The van der Waals surface area contributed by atoms with Crippen LogP contribution in [0.5, 0.6) is 0 Å². The summed E-state index contributed by atoms with van der Waals surface area (Å²) in [5.41, 5.74) is 5.55. The number of rotatable bonds is 7. The van der Waals surface area contributed by atoms with Gasteiger partial charge in [0.25, 0.3) is 0 Å². The van der Waals surface area contributed by atoms with Crippen LogP contribution in [0, 0.1) is 0 Å². The number of benzene rings is 9. The first-order valence-electron chi connectivity index (χ1n) is 25.2. The van der Waals surface area contributed by atoms with Crippen molar-refractivity contribution in [3.63, 3.8) is 0 Å². The lowest BCUT2D eigenvalue weighted by atomic mass is 9.67. The van der Waals surface area contributed by atoms with Gasteiger partial charge >= 0.3 is 0 Å².